The van der Waals surface area contributed by atoms with Crippen molar-refractivity contribution in [2.75, 3.05) is 0 Å². The summed E-state index contributed by atoms with van der Waals surface area (Å²) in [6.45, 7) is 3.27. The minimum Gasteiger partial charge on any atom is -0.402 e. The summed E-state index contributed by atoms with van der Waals surface area (Å²) >= 11 is 0. The van der Waals surface area contributed by atoms with Crippen LogP contribution in [0.25, 0.3) is 5.57 Å². The molecule has 0 bridgehead atoms. The molecule has 0 atom stereocenters. The van der Waals surface area contributed by atoms with Crippen LogP contribution in [-0.4, -0.2) is 5.78 Å². The minimum absolute atomic E-state index is 0.00574. The molecular weight excluding hydrogens is 162 g/mol. The first kappa shape index (κ1) is 9.52. The van der Waals surface area contributed by atoms with E-state index in [0.717, 1.165) is 5.56 Å². The average molecular weight is 175 g/mol. The molecule has 0 fully saturated rings. The molecule has 2 nitrogen and oxygen atoms in total. The van der Waals surface area contributed by atoms with Crippen LogP contribution in [0.3, 0.4) is 0 Å². The second-order valence-electron chi connectivity index (χ2n) is 2.98. The maximum absolute atomic E-state index is 11.2. The maximum atomic E-state index is 11.2. The van der Waals surface area contributed by atoms with Crippen molar-refractivity contribution >= 4 is 11.4 Å². The number of carbonyl (C=O) groups excluding carboxylic acids is 1. The Morgan fingerprint density at radius 3 is 2.08 bits per heavy atom. The molecule has 1 aromatic carbocycles. The summed E-state index contributed by atoms with van der Waals surface area (Å²) in [7, 11) is 0. The second-order valence-corrected chi connectivity index (χ2v) is 2.98. The van der Waals surface area contributed by atoms with E-state index in [1.54, 1.807) is 6.92 Å². The predicted molar refractivity (Wildman–Crippen MR) is 53.9 cm³/mol. The number of nitrogens with two attached hydrogens (primary N) is 1. The number of rotatable bonds is 2. The van der Waals surface area contributed by atoms with Crippen molar-refractivity contribution in [3.63, 3.8) is 0 Å². The van der Waals surface area contributed by atoms with Crippen LogP contribution in [0.4, 0.5) is 0 Å². The van der Waals surface area contributed by atoms with Gasteiger partial charge in [-0.05, 0) is 19.4 Å². The van der Waals surface area contributed by atoms with Crippen molar-refractivity contribution < 1.29 is 4.79 Å². The van der Waals surface area contributed by atoms with Gasteiger partial charge < -0.3 is 5.73 Å². The highest BCUT2D eigenvalue weighted by Gasteiger charge is 2.08. The van der Waals surface area contributed by atoms with E-state index in [2.05, 4.69) is 0 Å². The lowest BCUT2D eigenvalue weighted by Gasteiger charge is -2.05. The molecule has 0 aromatic heterocycles. The lowest BCUT2D eigenvalue weighted by molar-refractivity contribution is -0.111. The molecule has 0 unspecified atom stereocenters. The Morgan fingerprint density at radius 1 is 1.15 bits per heavy atom. The highest BCUT2D eigenvalue weighted by atomic mass is 16.1. The van der Waals surface area contributed by atoms with E-state index < -0.39 is 0 Å². The summed E-state index contributed by atoms with van der Waals surface area (Å²) in [5, 5.41) is 0. The molecule has 0 saturated heterocycles. The van der Waals surface area contributed by atoms with Crippen molar-refractivity contribution in [2.24, 2.45) is 5.73 Å². The van der Waals surface area contributed by atoms with Gasteiger partial charge in [-0.3, -0.25) is 4.79 Å². The SMILES string of the molecule is CC(=O)/C(=C(\C)N)c1ccccc1. The molecule has 0 amide bonds. The van der Waals surface area contributed by atoms with Gasteiger partial charge in [0.1, 0.15) is 0 Å². The Morgan fingerprint density at radius 2 is 1.69 bits per heavy atom. The maximum Gasteiger partial charge on any atom is 0.162 e. The number of carbonyl (C=O) groups is 1. The number of allylic oxidation sites excluding steroid dienone is 2. The fourth-order valence-electron chi connectivity index (χ4n) is 1.31. The first-order valence-corrected chi connectivity index (χ1v) is 4.15. The molecule has 0 aliphatic rings. The van der Waals surface area contributed by atoms with Gasteiger partial charge in [0.15, 0.2) is 5.78 Å². The molecule has 1 aromatic rings. The standard InChI is InChI=1S/C11H13NO/c1-8(12)11(9(2)13)10-6-4-3-5-7-10/h3-7H,12H2,1-2H3/b11-8-. The van der Waals surface area contributed by atoms with E-state index in [4.69, 9.17) is 5.73 Å². The Kier molecular flexibility index (Phi) is 2.85. The zero-order chi connectivity index (χ0) is 9.84. The van der Waals surface area contributed by atoms with Crippen molar-refractivity contribution in [1.29, 1.82) is 0 Å². The Bertz CT molecular complexity index is 334. The van der Waals surface area contributed by atoms with Gasteiger partial charge in [0.25, 0.3) is 0 Å². The van der Waals surface area contributed by atoms with Crippen LogP contribution in [0, 0.1) is 0 Å². The molecule has 0 aliphatic heterocycles. The lowest BCUT2D eigenvalue weighted by atomic mass is 10.0. The zero-order valence-corrected chi connectivity index (χ0v) is 7.87. The van der Waals surface area contributed by atoms with Crippen LogP contribution in [0.1, 0.15) is 19.4 Å². The van der Waals surface area contributed by atoms with E-state index in [1.807, 2.05) is 30.3 Å². The van der Waals surface area contributed by atoms with Gasteiger partial charge in [-0.25, -0.2) is 0 Å². The molecule has 68 valence electrons. The fourth-order valence-corrected chi connectivity index (χ4v) is 1.31. The fraction of sp³-hybridized carbons (Fsp3) is 0.182. The monoisotopic (exact) mass is 175 g/mol. The van der Waals surface area contributed by atoms with Crippen molar-refractivity contribution in [3.05, 3.63) is 41.6 Å². The van der Waals surface area contributed by atoms with E-state index in [-0.39, 0.29) is 5.78 Å². The first-order valence-electron chi connectivity index (χ1n) is 4.15. The molecule has 1 rings (SSSR count). The average Bonchev–Trinajstić information content (AvgIpc) is 2.04. The number of Topliss-reactive ketones (excluding diaryl/α,β-unsaturated/α-hetero) is 1. The predicted octanol–water partition coefficient (Wildman–Crippen LogP) is 1.97. The highest BCUT2D eigenvalue weighted by molar-refractivity contribution is 6.20. The molecule has 2 N–H and O–H groups in total. The van der Waals surface area contributed by atoms with Gasteiger partial charge in [-0.1, -0.05) is 30.3 Å². The Hall–Kier alpha value is -1.57. The number of hydrogen-bond donors (Lipinski definition) is 1. The summed E-state index contributed by atoms with van der Waals surface area (Å²) in [5.74, 6) is 0.00574. The zero-order valence-electron chi connectivity index (χ0n) is 7.87. The third-order valence-corrected chi connectivity index (χ3v) is 1.81. The Balaban J connectivity index is 3.20. The molecule has 2 heteroatoms. The molecule has 0 radical (unpaired) electrons. The second kappa shape index (κ2) is 3.90. The summed E-state index contributed by atoms with van der Waals surface area (Å²) in [6.07, 6.45) is 0. The van der Waals surface area contributed by atoms with Gasteiger partial charge in [0, 0.05) is 11.3 Å². The third kappa shape index (κ3) is 2.18. The van der Waals surface area contributed by atoms with Crippen molar-refractivity contribution in [2.45, 2.75) is 13.8 Å². The third-order valence-electron chi connectivity index (χ3n) is 1.81. The van der Waals surface area contributed by atoms with Crippen LogP contribution < -0.4 is 5.73 Å². The van der Waals surface area contributed by atoms with Gasteiger partial charge in [0.2, 0.25) is 0 Å². The van der Waals surface area contributed by atoms with Crippen LogP contribution in [0.5, 0.6) is 0 Å². The number of ketones is 1. The molecular formula is C11H13NO. The van der Waals surface area contributed by atoms with Gasteiger partial charge >= 0.3 is 0 Å². The van der Waals surface area contributed by atoms with Gasteiger partial charge in [-0.15, -0.1) is 0 Å². The minimum atomic E-state index is 0.00574. The van der Waals surface area contributed by atoms with E-state index in [0.29, 0.717) is 11.3 Å². The smallest absolute Gasteiger partial charge is 0.162 e. The lowest BCUT2D eigenvalue weighted by Crippen LogP contribution is -2.04. The Labute approximate surface area is 78.1 Å². The summed E-state index contributed by atoms with van der Waals surface area (Å²) in [6, 6.07) is 9.45. The summed E-state index contributed by atoms with van der Waals surface area (Å²) in [4.78, 5) is 11.2. The van der Waals surface area contributed by atoms with Crippen LogP contribution in [-0.2, 0) is 4.79 Å². The largest absolute Gasteiger partial charge is 0.402 e. The van der Waals surface area contributed by atoms with Crippen LogP contribution in [0.2, 0.25) is 0 Å². The highest BCUT2D eigenvalue weighted by Crippen LogP contribution is 2.16. The van der Waals surface area contributed by atoms with E-state index >= 15 is 0 Å². The molecule has 0 saturated carbocycles. The molecule has 13 heavy (non-hydrogen) atoms. The summed E-state index contributed by atoms with van der Waals surface area (Å²) in [5.41, 5.74) is 7.69. The number of benzene rings is 1. The normalized spacial score (nSPS) is 12.2. The molecule has 0 aliphatic carbocycles. The van der Waals surface area contributed by atoms with E-state index in [1.165, 1.54) is 6.92 Å². The first-order chi connectivity index (χ1) is 6.13. The topological polar surface area (TPSA) is 43.1 Å². The van der Waals surface area contributed by atoms with Crippen LogP contribution in [0.15, 0.2) is 36.0 Å². The molecule has 0 heterocycles. The van der Waals surface area contributed by atoms with Crippen molar-refractivity contribution in [1.82, 2.24) is 0 Å². The quantitative estimate of drug-likeness (QED) is 0.698. The van der Waals surface area contributed by atoms with Crippen molar-refractivity contribution in [3.8, 4) is 0 Å². The van der Waals surface area contributed by atoms with Gasteiger partial charge in [0.05, 0.1) is 0 Å². The van der Waals surface area contributed by atoms with E-state index in [9.17, 15) is 4.79 Å². The van der Waals surface area contributed by atoms with Crippen LogP contribution >= 0.6 is 0 Å². The summed E-state index contributed by atoms with van der Waals surface area (Å²) < 4.78 is 0. The van der Waals surface area contributed by atoms with Gasteiger partial charge in [-0.2, -0.15) is 0 Å². The molecule has 0 spiro atoms. The number of hydrogen-bond acceptors (Lipinski definition) is 2.